The summed E-state index contributed by atoms with van der Waals surface area (Å²) in [6, 6.07) is 1.91. The first-order chi connectivity index (χ1) is 9.29. The lowest BCUT2D eigenvalue weighted by molar-refractivity contribution is -0.141. The molecule has 0 aliphatic heterocycles. The van der Waals surface area contributed by atoms with Gasteiger partial charge in [0, 0.05) is 23.5 Å². The lowest BCUT2D eigenvalue weighted by Crippen LogP contribution is -2.11. The maximum atomic E-state index is 12.7. The van der Waals surface area contributed by atoms with Gasteiger partial charge in [-0.15, -0.1) is 0 Å². The third kappa shape index (κ3) is 2.81. The Morgan fingerprint density at radius 2 is 1.75 bits per heavy atom. The fraction of sp³-hybridized carbons (Fsp3) is 0.231. The van der Waals surface area contributed by atoms with Gasteiger partial charge in [-0.25, -0.2) is 15.0 Å². The minimum absolute atomic E-state index is 0.0627. The third-order valence-electron chi connectivity index (χ3n) is 2.62. The van der Waals surface area contributed by atoms with E-state index in [2.05, 4.69) is 15.0 Å². The van der Waals surface area contributed by atoms with Crippen molar-refractivity contribution in [3.63, 3.8) is 0 Å². The summed E-state index contributed by atoms with van der Waals surface area (Å²) in [4.78, 5) is 22.9. The van der Waals surface area contributed by atoms with Gasteiger partial charge in [0.25, 0.3) is 0 Å². The molecule has 0 aromatic carbocycles. The van der Waals surface area contributed by atoms with Crippen molar-refractivity contribution < 1.29 is 18.0 Å². The monoisotopic (exact) mass is 281 g/mol. The molecule has 2 rings (SSSR count). The molecule has 0 saturated heterocycles. The fourth-order valence-corrected chi connectivity index (χ4v) is 1.64. The van der Waals surface area contributed by atoms with E-state index < -0.39 is 11.9 Å². The van der Waals surface area contributed by atoms with Gasteiger partial charge in [0.2, 0.25) is 0 Å². The van der Waals surface area contributed by atoms with Crippen molar-refractivity contribution in [2.24, 2.45) is 0 Å². The summed E-state index contributed by atoms with van der Waals surface area (Å²) < 4.78 is 38.1. The highest BCUT2D eigenvalue weighted by Gasteiger charge is 2.33. The van der Waals surface area contributed by atoms with Gasteiger partial charge in [0.05, 0.1) is 5.69 Å². The molecule has 0 radical (unpaired) electrons. The van der Waals surface area contributed by atoms with Crippen LogP contribution in [-0.2, 0) is 6.18 Å². The van der Waals surface area contributed by atoms with Crippen molar-refractivity contribution in [3.8, 4) is 11.3 Å². The standard InChI is InChI=1S/C13H10F3N3O/c1-7(20)10-3-4-11(13(14,15)16)19-12(10)9-5-17-8(2)18-6-9/h3-6H,1-2H3. The van der Waals surface area contributed by atoms with Crippen LogP contribution in [0.3, 0.4) is 0 Å². The van der Waals surface area contributed by atoms with E-state index in [1.54, 1.807) is 6.92 Å². The van der Waals surface area contributed by atoms with E-state index in [4.69, 9.17) is 0 Å². The molecule has 104 valence electrons. The van der Waals surface area contributed by atoms with Gasteiger partial charge in [-0.1, -0.05) is 0 Å². The molecule has 2 heterocycles. The van der Waals surface area contributed by atoms with E-state index in [1.807, 2.05) is 0 Å². The number of aromatic nitrogens is 3. The molecule has 0 atom stereocenters. The average Bonchev–Trinajstić information content (AvgIpc) is 2.37. The van der Waals surface area contributed by atoms with E-state index >= 15 is 0 Å². The Labute approximate surface area is 112 Å². The van der Waals surface area contributed by atoms with Crippen LogP contribution in [0.25, 0.3) is 11.3 Å². The minimum Gasteiger partial charge on any atom is -0.294 e. The maximum Gasteiger partial charge on any atom is 0.433 e. The Morgan fingerprint density at radius 1 is 1.15 bits per heavy atom. The number of hydrogen-bond donors (Lipinski definition) is 0. The van der Waals surface area contributed by atoms with Crippen molar-refractivity contribution in [2.45, 2.75) is 20.0 Å². The second kappa shape index (κ2) is 4.99. The highest BCUT2D eigenvalue weighted by atomic mass is 19.4. The predicted molar refractivity (Wildman–Crippen MR) is 65.0 cm³/mol. The van der Waals surface area contributed by atoms with Crippen LogP contribution in [0, 0.1) is 6.92 Å². The molecule has 0 saturated carbocycles. The van der Waals surface area contributed by atoms with Gasteiger partial charge < -0.3 is 0 Å². The zero-order valence-corrected chi connectivity index (χ0v) is 10.7. The quantitative estimate of drug-likeness (QED) is 0.794. The van der Waals surface area contributed by atoms with Crippen molar-refractivity contribution in [2.75, 3.05) is 0 Å². The first-order valence-corrected chi connectivity index (χ1v) is 5.67. The van der Waals surface area contributed by atoms with Crippen LogP contribution in [0.4, 0.5) is 13.2 Å². The van der Waals surface area contributed by atoms with Crippen LogP contribution < -0.4 is 0 Å². The Hall–Kier alpha value is -2.31. The number of nitrogens with zero attached hydrogens (tertiary/aromatic N) is 3. The topological polar surface area (TPSA) is 55.7 Å². The second-order valence-corrected chi connectivity index (χ2v) is 4.17. The number of ketones is 1. The van der Waals surface area contributed by atoms with Crippen LogP contribution >= 0.6 is 0 Å². The highest BCUT2D eigenvalue weighted by molar-refractivity contribution is 5.99. The first kappa shape index (κ1) is 14.1. The van der Waals surface area contributed by atoms with Gasteiger partial charge in [-0.2, -0.15) is 13.2 Å². The number of halogens is 3. The Morgan fingerprint density at radius 3 is 2.25 bits per heavy atom. The van der Waals surface area contributed by atoms with Crippen molar-refractivity contribution in [3.05, 3.63) is 41.6 Å². The zero-order valence-electron chi connectivity index (χ0n) is 10.7. The van der Waals surface area contributed by atoms with Gasteiger partial charge in [-0.3, -0.25) is 4.79 Å². The van der Waals surface area contributed by atoms with Gasteiger partial charge in [0.15, 0.2) is 5.78 Å². The van der Waals surface area contributed by atoms with Crippen LogP contribution in [0.1, 0.15) is 28.8 Å². The average molecular weight is 281 g/mol. The van der Waals surface area contributed by atoms with Crippen LogP contribution in [-0.4, -0.2) is 20.7 Å². The van der Waals surface area contributed by atoms with Gasteiger partial charge in [-0.05, 0) is 26.0 Å². The van der Waals surface area contributed by atoms with Gasteiger partial charge >= 0.3 is 6.18 Å². The third-order valence-corrected chi connectivity index (χ3v) is 2.62. The SMILES string of the molecule is CC(=O)c1ccc(C(F)(F)F)nc1-c1cnc(C)nc1. The zero-order chi connectivity index (χ0) is 14.9. The molecule has 0 aliphatic carbocycles. The Bertz CT molecular complexity index is 651. The number of carbonyl (C=O) groups is 1. The number of pyridine rings is 1. The smallest absolute Gasteiger partial charge is 0.294 e. The number of Topliss-reactive ketones (excluding diaryl/α,β-unsaturated/α-hetero) is 1. The summed E-state index contributed by atoms with van der Waals surface area (Å²) in [5.41, 5.74) is -0.747. The number of carbonyl (C=O) groups excluding carboxylic acids is 1. The number of rotatable bonds is 2. The summed E-state index contributed by atoms with van der Waals surface area (Å²) in [5, 5.41) is 0. The summed E-state index contributed by atoms with van der Waals surface area (Å²) in [7, 11) is 0. The summed E-state index contributed by atoms with van der Waals surface area (Å²) in [6.45, 7) is 2.91. The molecular weight excluding hydrogens is 271 g/mol. The molecule has 20 heavy (non-hydrogen) atoms. The van der Waals surface area contributed by atoms with E-state index in [-0.39, 0.29) is 22.6 Å². The van der Waals surface area contributed by atoms with Crippen molar-refractivity contribution in [1.29, 1.82) is 0 Å². The summed E-state index contributed by atoms with van der Waals surface area (Å²) >= 11 is 0. The number of hydrogen-bond acceptors (Lipinski definition) is 4. The molecular formula is C13H10F3N3O. The van der Waals surface area contributed by atoms with E-state index in [1.165, 1.54) is 19.3 Å². The molecule has 0 bridgehead atoms. The molecule has 0 unspecified atom stereocenters. The van der Waals surface area contributed by atoms with Crippen LogP contribution in [0.2, 0.25) is 0 Å². The Kier molecular flexibility index (Phi) is 3.52. The maximum absolute atomic E-state index is 12.7. The molecule has 4 nitrogen and oxygen atoms in total. The summed E-state index contributed by atoms with van der Waals surface area (Å²) in [5.74, 6) is 0.104. The normalized spacial score (nSPS) is 11.4. The first-order valence-electron chi connectivity index (χ1n) is 5.67. The van der Waals surface area contributed by atoms with Crippen molar-refractivity contribution in [1.82, 2.24) is 15.0 Å². The van der Waals surface area contributed by atoms with Crippen LogP contribution in [0.5, 0.6) is 0 Å². The molecule has 0 fully saturated rings. The van der Waals surface area contributed by atoms with E-state index in [0.717, 1.165) is 12.1 Å². The molecule has 0 aliphatic rings. The lowest BCUT2D eigenvalue weighted by atomic mass is 10.0. The second-order valence-electron chi connectivity index (χ2n) is 4.17. The van der Waals surface area contributed by atoms with Crippen molar-refractivity contribution >= 4 is 5.78 Å². The predicted octanol–water partition coefficient (Wildman–Crippen LogP) is 3.07. The minimum atomic E-state index is -4.57. The summed E-state index contributed by atoms with van der Waals surface area (Å²) in [6.07, 6.45) is -1.88. The molecule has 2 aromatic rings. The fourth-order valence-electron chi connectivity index (χ4n) is 1.64. The molecule has 0 N–H and O–H groups in total. The van der Waals surface area contributed by atoms with E-state index in [9.17, 15) is 18.0 Å². The molecule has 7 heteroatoms. The molecule has 0 amide bonds. The molecule has 0 spiro atoms. The Balaban J connectivity index is 2.64. The highest BCUT2D eigenvalue weighted by Crippen LogP contribution is 2.31. The largest absolute Gasteiger partial charge is 0.433 e. The lowest BCUT2D eigenvalue weighted by Gasteiger charge is -2.11. The number of aryl methyl sites for hydroxylation is 1. The van der Waals surface area contributed by atoms with E-state index in [0.29, 0.717) is 5.82 Å². The van der Waals surface area contributed by atoms with Crippen LogP contribution in [0.15, 0.2) is 24.5 Å². The molecule has 2 aromatic heterocycles. The van der Waals surface area contributed by atoms with Gasteiger partial charge in [0.1, 0.15) is 11.5 Å². The number of alkyl halides is 3.